The number of guanidine groups is 1. The van der Waals surface area contributed by atoms with E-state index in [4.69, 9.17) is 4.99 Å². The van der Waals surface area contributed by atoms with Crippen LogP contribution in [0, 0.1) is 0 Å². The van der Waals surface area contributed by atoms with Gasteiger partial charge in [-0.2, -0.15) is 0 Å². The van der Waals surface area contributed by atoms with E-state index in [1.54, 1.807) is 0 Å². The average molecular weight is 349 g/mol. The summed E-state index contributed by atoms with van der Waals surface area (Å²) in [6.45, 7) is 15.4. The first kappa shape index (κ1) is 19.0. The molecule has 0 aromatic carbocycles. The highest BCUT2D eigenvalue weighted by atomic mass is 32.1. The second kappa shape index (κ2) is 9.23. The second-order valence-electron chi connectivity index (χ2n) is 7.06. The molecular weight excluding hydrogens is 316 g/mol. The van der Waals surface area contributed by atoms with Gasteiger partial charge in [-0.3, -0.25) is 9.89 Å². The fraction of sp³-hybridized carbons (Fsp3) is 0.632. The number of likely N-dealkylation sites (tertiary alicyclic amines) is 1. The number of thiophene rings is 1. The summed E-state index contributed by atoms with van der Waals surface area (Å²) in [4.78, 5) is 8.70. The lowest BCUT2D eigenvalue weighted by Crippen LogP contribution is -2.49. The molecule has 5 heteroatoms. The monoisotopic (exact) mass is 348 g/mol. The quantitative estimate of drug-likeness (QED) is 0.451. The van der Waals surface area contributed by atoms with Crippen molar-refractivity contribution < 1.29 is 0 Å². The molecule has 24 heavy (non-hydrogen) atoms. The molecule has 2 N–H and O–H groups in total. The van der Waals surface area contributed by atoms with E-state index < -0.39 is 0 Å². The van der Waals surface area contributed by atoms with E-state index in [0.717, 1.165) is 51.5 Å². The van der Waals surface area contributed by atoms with E-state index >= 15 is 0 Å². The Labute approximate surface area is 151 Å². The minimum Gasteiger partial charge on any atom is -0.357 e. The van der Waals surface area contributed by atoms with E-state index in [9.17, 15) is 0 Å². The predicted molar refractivity (Wildman–Crippen MR) is 106 cm³/mol. The van der Waals surface area contributed by atoms with Gasteiger partial charge in [-0.25, -0.2) is 0 Å². The molecule has 2 heterocycles. The van der Waals surface area contributed by atoms with E-state index in [2.05, 4.69) is 60.4 Å². The van der Waals surface area contributed by atoms with Crippen molar-refractivity contribution in [2.45, 2.75) is 45.1 Å². The van der Waals surface area contributed by atoms with Crippen LogP contribution in [0.1, 0.15) is 38.5 Å². The lowest BCUT2D eigenvalue weighted by Gasteiger charge is -2.32. The molecule has 0 saturated carbocycles. The van der Waals surface area contributed by atoms with Gasteiger partial charge < -0.3 is 10.6 Å². The van der Waals surface area contributed by atoms with Crippen LogP contribution < -0.4 is 10.6 Å². The molecule has 2 rings (SSSR count). The Kier molecular flexibility index (Phi) is 7.31. The summed E-state index contributed by atoms with van der Waals surface area (Å²) in [5.41, 5.74) is 0.0733. The minimum absolute atomic E-state index is 0.0733. The molecule has 0 radical (unpaired) electrons. The Morgan fingerprint density at radius 3 is 2.79 bits per heavy atom. The van der Waals surface area contributed by atoms with Crippen LogP contribution in [0.5, 0.6) is 0 Å². The Balaban J connectivity index is 1.90. The van der Waals surface area contributed by atoms with Gasteiger partial charge in [-0.15, -0.1) is 17.9 Å². The molecule has 4 nitrogen and oxygen atoms in total. The van der Waals surface area contributed by atoms with Crippen molar-refractivity contribution in [2.24, 2.45) is 4.99 Å². The highest BCUT2D eigenvalue weighted by Gasteiger charge is 2.23. The summed E-state index contributed by atoms with van der Waals surface area (Å²) in [5, 5.41) is 9.16. The minimum atomic E-state index is 0.0733. The maximum Gasteiger partial charge on any atom is 0.191 e. The topological polar surface area (TPSA) is 39.7 Å². The molecule has 0 amide bonds. The number of rotatable bonds is 7. The standard InChI is InChI=1S/C19H32N4S/c1-5-11-23-12-9-16(10-13-23)22-18(20-6-2)21-15-19(3,4)17-8-7-14-24-17/h5,7-8,14,16H,1,6,9-13,15H2,2-4H3,(H2,20,21,22). The van der Waals surface area contributed by atoms with Crippen LogP contribution >= 0.6 is 11.3 Å². The number of piperidine rings is 1. The van der Waals surface area contributed by atoms with Crippen LogP contribution in [0.3, 0.4) is 0 Å². The van der Waals surface area contributed by atoms with E-state index in [0.29, 0.717) is 6.04 Å². The third-order valence-electron chi connectivity index (χ3n) is 4.48. The second-order valence-corrected chi connectivity index (χ2v) is 8.01. The molecule has 1 aliphatic heterocycles. The van der Waals surface area contributed by atoms with Crippen LogP contribution in [-0.2, 0) is 5.41 Å². The molecule has 0 unspecified atom stereocenters. The fourth-order valence-corrected chi connectivity index (χ4v) is 3.82. The van der Waals surface area contributed by atoms with Crippen molar-refractivity contribution in [3.05, 3.63) is 35.0 Å². The first-order chi connectivity index (χ1) is 11.5. The number of hydrogen-bond acceptors (Lipinski definition) is 3. The van der Waals surface area contributed by atoms with E-state index in [1.807, 2.05) is 17.4 Å². The molecule has 0 bridgehead atoms. The Bertz CT molecular complexity index is 513. The Hall–Kier alpha value is -1.33. The zero-order valence-electron chi connectivity index (χ0n) is 15.3. The summed E-state index contributed by atoms with van der Waals surface area (Å²) in [5.74, 6) is 0.948. The van der Waals surface area contributed by atoms with Crippen molar-refractivity contribution >= 4 is 17.3 Å². The first-order valence-electron chi connectivity index (χ1n) is 8.97. The average Bonchev–Trinajstić information content (AvgIpc) is 3.10. The largest absolute Gasteiger partial charge is 0.357 e. The van der Waals surface area contributed by atoms with Crippen molar-refractivity contribution in [3.8, 4) is 0 Å². The molecule has 1 aliphatic rings. The normalized spacial score (nSPS) is 17.7. The van der Waals surface area contributed by atoms with Crippen LogP contribution in [0.25, 0.3) is 0 Å². The summed E-state index contributed by atoms with van der Waals surface area (Å²) < 4.78 is 0. The van der Waals surface area contributed by atoms with Gasteiger partial charge in [0.25, 0.3) is 0 Å². The van der Waals surface area contributed by atoms with Gasteiger partial charge in [-0.05, 0) is 31.2 Å². The zero-order valence-corrected chi connectivity index (χ0v) is 16.2. The predicted octanol–water partition coefficient (Wildman–Crippen LogP) is 3.23. The van der Waals surface area contributed by atoms with Gasteiger partial charge >= 0.3 is 0 Å². The summed E-state index contributed by atoms with van der Waals surface area (Å²) in [7, 11) is 0. The molecule has 0 spiro atoms. The molecule has 0 aliphatic carbocycles. The number of aliphatic imine (C=N–C) groups is 1. The molecule has 1 saturated heterocycles. The lowest BCUT2D eigenvalue weighted by molar-refractivity contribution is 0.225. The molecule has 134 valence electrons. The van der Waals surface area contributed by atoms with E-state index in [1.165, 1.54) is 4.88 Å². The molecule has 1 aromatic rings. The van der Waals surface area contributed by atoms with Gasteiger partial charge in [0, 0.05) is 42.5 Å². The van der Waals surface area contributed by atoms with Gasteiger partial charge in [-0.1, -0.05) is 26.0 Å². The van der Waals surface area contributed by atoms with Gasteiger partial charge in [0.1, 0.15) is 0 Å². The number of hydrogen-bond donors (Lipinski definition) is 2. The summed E-state index contributed by atoms with van der Waals surface area (Å²) in [6, 6.07) is 4.83. The molecule has 1 aromatic heterocycles. The van der Waals surface area contributed by atoms with Gasteiger partial charge in [0.05, 0.1) is 6.54 Å². The molecule has 0 atom stereocenters. The van der Waals surface area contributed by atoms with Crippen molar-refractivity contribution in [1.82, 2.24) is 15.5 Å². The zero-order chi connectivity index (χ0) is 17.4. The maximum atomic E-state index is 4.86. The lowest BCUT2D eigenvalue weighted by atomic mass is 9.92. The third-order valence-corrected chi connectivity index (χ3v) is 5.72. The van der Waals surface area contributed by atoms with Crippen molar-refractivity contribution in [2.75, 3.05) is 32.7 Å². The van der Waals surface area contributed by atoms with Gasteiger partial charge in [0.2, 0.25) is 0 Å². The smallest absolute Gasteiger partial charge is 0.191 e. The van der Waals surface area contributed by atoms with Crippen LogP contribution in [0.2, 0.25) is 0 Å². The number of nitrogens with zero attached hydrogens (tertiary/aromatic N) is 2. The van der Waals surface area contributed by atoms with Crippen LogP contribution in [0.15, 0.2) is 35.2 Å². The Morgan fingerprint density at radius 2 is 2.21 bits per heavy atom. The molecular formula is C19H32N4S. The van der Waals surface area contributed by atoms with Crippen LogP contribution in [-0.4, -0.2) is 49.6 Å². The maximum absolute atomic E-state index is 4.86. The molecule has 1 fully saturated rings. The van der Waals surface area contributed by atoms with Crippen molar-refractivity contribution in [1.29, 1.82) is 0 Å². The first-order valence-corrected chi connectivity index (χ1v) is 9.85. The SMILES string of the molecule is C=CCN1CCC(NC(=NCC(C)(C)c2cccs2)NCC)CC1. The van der Waals surface area contributed by atoms with E-state index in [-0.39, 0.29) is 5.41 Å². The summed E-state index contributed by atoms with van der Waals surface area (Å²) in [6.07, 6.45) is 4.31. The highest BCUT2D eigenvalue weighted by molar-refractivity contribution is 7.10. The van der Waals surface area contributed by atoms with Crippen molar-refractivity contribution in [3.63, 3.8) is 0 Å². The highest BCUT2D eigenvalue weighted by Crippen LogP contribution is 2.27. The number of nitrogens with one attached hydrogen (secondary N) is 2. The van der Waals surface area contributed by atoms with Crippen LogP contribution in [0.4, 0.5) is 0 Å². The summed E-state index contributed by atoms with van der Waals surface area (Å²) >= 11 is 1.81. The Morgan fingerprint density at radius 1 is 1.46 bits per heavy atom. The van der Waals surface area contributed by atoms with Gasteiger partial charge in [0.15, 0.2) is 5.96 Å². The third kappa shape index (κ3) is 5.64. The fourth-order valence-electron chi connectivity index (χ4n) is 2.97.